The van der Waals surface area contributed by atoms with Crippen molar-refractivity contribution < 1.29 is 28.8 Å². The first-order valence-corrected chi connectivity index (χ1v) is 22.8. The van der Waals surface area contributed by atoms with E-state index in [4.69, 9.17) is 0 Å². The van der Waals surface area contributed by atoms with E-state index in [1.807, 2.05) is 37.3 Å². The fourth-order valence-corrected chi connectivity index (χ4v) is 9.37. The number of nitrogens with one attached hydrogen (secondary N) is 6. The number of amides is 6. The van der Waals surface area contributed by atoms with Gasteiger partial charge in [-0.2, -0.15) is 0 Å². The normalized spacial score (nSPS) is 22.0. The third-order valence-electron chi connectivity index (χ3n) is 13.0. The van der Waals surface area contributed by atoms with Crippen molar-refractivity contribution in [2.45, 2.75) is 146 Å². The first kappa shape index (κ1) is 46.8. The number of nitrogens with zero attached hydrogens (tertiary/aromatic N) is 2. The molecule has 0 spiro atoms. The summed E-state index contributed by atoms with van der Waals surface area (Å²) in [6.07, 6.45) is 8.21. The van der Waals surface area contributed by atoms with Crippen LogP contribution in [-0.4, -0.2) is 109 Å². The quantitative estimate of drug-likeness (QED) is 0.148. The van der Waals surface area contributed by atoms with E-state index in [1.54, 1.807) is 30.8 Å². The van der Waals surface area contributed by atoms with Gasteiger partial charge in [0.05, 0.1) is 24.2 Å². The Morgan fingerprint density at radius 1 is 0.619 bits per heavy atom. The number of hydrogen-bond donors (Lipinski definition) is 6. The van der Waals surface area contributed by atoms with Crippen LogP contribution in [0.2, 0.25) is 0 Å². The summed E-state index contributed by atoms with van der Waals surface area (Å²) < 4.78 is 0. The topological polar surface area (TPSA) is 181 Å². The van der Waals surface area contributed by atoms with E-state index in [9.17, 15) is 28.8 Å². The largest absolute Gasteiger partial charge is 0.347 e. The molecule has 2 aromatic rings. The average molecular weight is 861 g/mol. The number of carbonyl (C=O) groups excluding carboxylic acids is 6. The van der Waals surface area contributed by atoms with Gasteiger partial charge in [0, 0.05) is 25.9 Å². The van der Waals surface area contributed by atoms with Crippen molar-refractivity contribution in [2.75, 3.05) is 27.2 Å². The zero-order valence-corrected chi connectivity index (χ0v) is 37.2. The molecule has 2 fully saturated rings. The van der Waals surface area contributed by atoms with E-state index in [0.29, 0.717) is 45.2 Å². The van der Waals surface area contributed by atoms with Crippen molar-refractivity contribution in [1.82, 2.24) is 41.7 Å². The minimum Gasteiger partial charge on any atom is -0.347 e. The van der Waals surface area contributed by atoms with Gasteiger partial charge in [0.25, 0.3) is 0 Å². The lowest BCUT2D eigenvalue weighted by molar-refractivity contribution is -0.141. The summed E-state index contributed by atoms with van der Waals surface area (Å²) in [5.74, 6) is 9.48. The molecule has 14 heteroatoms. The minimum absolute atomic E-state index is 0.0605. The Hall–Kier alpha value is -5.70. The molecule has 8 atom stereocenters. The Morgan fingerprint density at radius 3 is 1.52 bits per heavy atom. The first-order chi connectivity index (χ1) is 30.5. The van der Waals surface area contributed by atoms with Crippen LogP contribution < -0.4 is 31.9 Å². The molecule has 0 bridgehead atoms. The van der Waals surface area contributed by atoms with Crippen LogP contribution in [0.25, 0.3) is 0 Å². The second-order valence-electron chi connectivity index (χ2n) is 17.1. The van der Waals surface area contributed by atoms with Gasteiger partial charge in [-0.1, -0.05) is 67.3 Å². The molecule has 6 N–H and O–H groups in total. The van der Waals surface area contributed by atoms with E-state index in [-0.39, 0.29) is 54.5 Å². The number of hydrogen-bond acceptors (Lipinski definition) is 8. The second kappa shape index (κ2) is 22.6. The van der Waals surface area contributed by atoms with Gasteiger partial charge in [-0.15, -0.1) is 0 Å². The molecule has 0 saturated carbocycles. The van der Waals surface area contributed by atoms with Gasteiger partial charge in [-0.3, -0.25) is 28.8 Å². The van der Waals surface area contributed by atoms with Crippen molar-refractivity contribution in [2.24, 2.45) is 0 Å². The van der Waals surface area contributed by atoms with Crippen molar-refractivity contribution in [3.63, 3.8) is 0 Å². The highest BCUT2D eigenvalue weighted by atomic mass is 16.2. The molecular formula is C49H64N8O6. The molecule has 2 saturated heterocycles. The van der Waals surface area contributed by atoms with Gasteiger partial charge in [-0.25, -0.2) is 0 Å². The number of likely N-dealkylation sites (N-methyl/N-ethyl adjacent to an activating group) is 2. The smallest absolute Gasteiger partial charge is 0.246 e. The number of fused-ring (bicyclic) bond motifs is 2. The molecule has 0 radical (unpaired) electrons. The standard InChI is InChI=1S/C49H64N8O6/c1-5-37(51-4)45(59)55-41(49(63)57-31-17-29-43(57)47(61)53-39-27-15-21-34-19-11-13-23-36(34)39)25-9-7-6-8-24-40(54-44(58)32(2)50-3)48(62)56-30-16-28-42(56)46(60)52-38-26-14-20-33-18-10-12-22-35(33)38/h10-13,18-19,22-23,32,37-43,50-51H,5,14-17,20-21,24-31H2,1-4H3,(H,52,60)(H,53,61)(H,54,58)(H,55,59)/t32-,37-,38-,39-,40+,41+,42-,43-/m1/s1. The van der Waals surface area contributed by atoms with E-state index in [0.717, 1.165) is 49.7 Å². The summed E-state index contributed by atoms with van der Waals surface area (Å²) in [6.45, 7) is 4.31. The minimum atomic E-state index is -1.03. The molecule has 63 heavy (non-hydrogen) atoms. The maximum atomic E-state index is 14.2. The summed E-state index contributed by atoms with van der Waals surface area (Å²) in [6, 6.07) is 11.5. The molecular weight excluding hydrogens is 797 g/mol. The van der Waals surface area contributed by atoms with Crippen LogP contribution in [0.15, 0.2) is 48.5 Å². The van der Waals surface area contributed by atoms with Crippen LogP contribution >= 0.6 is 0 Å². The van der Waals surface area contributed by atoms with Crippen LogP contribution in [0, 0.1) is 23.7 Å². The van der Waals surface area contributed by atoms with Gasteiger partial charge < -0.3 is 41.7 Å². The lowest BCUT2D eigenvalue weighted by atomic mass is 9.87. The molecule has 6 rings (SSSR count). The fraction of sp³-hybridized carbons (Fsp3) is 0.551. The van der Waals surface area contributed by atoms with Gasteiger partial charge >= 0.3 is 0 Å². The summed E-state index contributed by atoms with van der Waals surface area (Å²) >= 11 is 0. The highest BCUT2D eigenvalue weighted by molar-refractivity contribution is 5.95. The molecule has 2 aliphatic heterocycles. The van der Waals surface area contributed by atoms with Crippen LogP contribution in [0.4, 0.5) is 0 Å². The van der Waals surface area contributed by atoms with Crippen molar-refractivity contribution in [3.8, 4) is 23.7 Å². The average Bonchev–Trinajstić information content (AvgIpc) is 4.01. The van der Waals surface area contributed by atoms with Crippen LogP contribution in [0.5, 0.6) is 0 Å². The lowest BCUT2D eigenvalue weighted by Gasteiger charge is -2.31. The number of rotatable bonds is 15. The highest BCUT2D eigenvalue weighted by Crippen LogP contribution is 2.32. The summed E-state index contributed by atoms with van der Waals surface area (Å²) in [4.78, 5) is 85.4. The maximum Gasteiger partial charge on any atom is 0.246 e. The molecule has 14 nitrogen and oxygen atoms in total. The molecule has 6 amide bonds. The zero-order chi connectivity index (χ0) is 44.9. The van der Waals surface area contributed by atoms with Crippen LogP contribution in [0.3, 0.4) is 0 Å². The zero-order valence-electron chi connectivity index (χ0n) is 37.2. The number of carbonyl (C=O) groups is 6. The van der Waals surface area contributed by atoms with Crippen molar-refractivity contribution >= 4 is 35.4 Å². The fourth-order valence-electron chi connectivity index (χ4n) is 9.37. The first-order valence-electron chi connectivity index (χ1n) is 22.8. The number of aryl methyl sites for hydroxylation is 2. The Bertz CT molecular complexity index is 2120. The van der Waals surface area contributed by atoms with Crippen LogP contribution in [0.1, 0.15) is 119 Å². The maximum absolute atomic E-state index is 14.2. The Labute approximate surface area is 372 Å². The summed E-state index contributed by atoms with van der Waals surface area (Å²) in [5.41, 5.74) is 4.68. The molecule has 2 aromatic carbocycles. The molecule has 2 aliphatic carbocycles. The predicted octanol–water partition coefficient (Wildman–Crippen LogP) is 2.72. The van der Waals surface area contributed by atoms with Crippen molar-refractivity contribution in [1.29, 1.82) is 0 Å². The molecule has 4 aliphatic rings. The Balaban J connectivity index is 1.13. The van der Waals surface area contributed by atoms with E-state index in [1.165, 1.54) is 11.1 Å². The molecule has 336 valence electrons. The van der Waals surface area contributed by atoms with Gasteiger partial charge in [-0.05, 0) is 126 Å². The van der Waals surface area contributed by atoms with E-state index < -0.39 is 42.2 Å². The van der Waals surface area contributed by atoms with Gasteiger partial charge in [0.15, 0.2) is 0 Å². The van der Waals surface area contributed by atoms with Crippen molar-refractivity contribution in [3.05, 3.63) is 70.8 Å². The third-order valence-corrected chi connectivity index (χ3v) is 13.0. The summed E-state index contributed by atoms with van der Waals surface area (Å²) in [5, 5.41) is 18.0. The van der Waals surface area contributed by atoms with E-state index in [2.05, 4.69) is 73.8 Å². The number of benzene rings is 2. The lowest BCUT2D eigenvalue weighted by Crippen LogP contribution is -2.56. The molecule has 0 aromatic heterocycles. The Morgan fingerprint density at radius 2 is 1.08 bits per heavy atom. The molecule has 2 heterocycles. The van der Waals surface area contributed by atoms with E-state index >= 15 is 0 Å². The SMILES string of the molecule is CC[C@@H](NC)C(=O)N[C@@H](CC#CC#CC[C@H](NC(=O)[C@@H](C)NC)C(=O)N1CCC[C@@H]1C(=O)N[C@@H]1CCCc2ccccc21)C(=O)N1CCC[C@@H]1C(=O)N[C@@H]1CCCc2ccccc21. The third kappa shape index (κ3) is 11.7. The second-order valence-corrected chi connectivity index (χ2v) is 17.1. The predicted molar refractivity (Wildman–Crippen MR) is 240 cm³/mol. The van der Waals surface area contributed by atoms with Gasteiger partial charge in [0.2, 0.25) is 35.4 Å². The summed E-state index contributed by atoms with van der Waals surface area (Å²) in [7, 11) is 3.33. The van der Waals surface area contributed by atoms with Gasteiger partial charge in [0.1, 0.15) is 24.2 Å². The highest BCUT2D eigenvalue weighted by Gasteiger charge is 2.40. The number of likely N-dealkylation sites (tertiary alicyclic amines) is 2. The Kier molecular flexibility index (Phi) is 16.8. The van der Waals surface area contributed by atoms with Crippen LogP contribution in [-0.2, 0) is 41.6 Å². The monoisotopic (exact) mass is 860 g/mol. The molecule has 0 unspecified atom stereocenters.